The molecule has 0 aromatic rings. The molecule has 2 fully saturated rings. The van der Waals surface area contributed by atoms with Crippen molar-refractivity contribution in [3.63, 3.8) is 0 Å². The van der Waals surface area contributed by atoms with Gasteiger partial charge < -0.3 is 10.4 Å². The number of hydrogen-bond acceptors (Lipinski definition) is 2. The molecule has 11 heavy (non-hydrogen) atoms. The van der Waals surface area contributed by atoms with Crippen LogP contribution in [-0.4, -0.2) is 23.8 Å². The molecule has 0 aromatic heterocycles. The molecule has 1 aliphatic heterocycles. The Morgan fingerprint density at radius 2 is 2.18 bits per heavy atom. The van der Waals surface area contributed by atoms with Crippen molar-refractivity contribution in [1.82, 2.24) is 5.32 Å². The van der Waals surface area contributed by atoms with Crippen molar-refractivity contribution in [2.75, 3.05) is 13.1 Å². The number of fused-ring (bicyclic) bond motifs is 1. The first kappa shape index (κ1) is 7.56. The van der Waals surface area contributed by atoms with Gasteiger partial charge in [0, 0.05) is 6.54 Å². The molecule has 0 radical (unpaired) electrons. The zero-order valence-corrected chi connectivity index (χ0v) is 6.97. The summed E-state index contributed by atoms with van der Waals surface area (Å²) < 4.78 is 0. The summed E-state index contributed by atoms with van der Waals surface area (Å²) in [6, 6.07) is 0. The third kappa shape index (κ3) is 1.30. The molecule has 2 aliphatic rings. The van der Waals surface area contributed by atoms with E-state index in [1.54, 1.807) is 0 Å². The fraction of sp³-hybridized carbons (Fsp3) is 1.00. The minimum atomic E-state index is -0.337. The van der Waals surface area contributed by atoms with Crippen LogP contribution in [0, 0.1) is 5.92 Å². The van der Waals surface area contributed by atoms with E-state index in [2.05, 4.69) is 5.32 Å². The molecule has 0 aromatic carbocycles. The molecule has 0 amide bonds. The van der Waals surface area contributed by atoms with Crippen molar-refractivity contribution >= 4 is 0 Å². The minimum absolute atomic E-state index is 0.337. The lowest BCUT2D eigenvalue weighted by Crippen LogP contribution is -2.53. The summed E-state index contributed by atoms with van der Waals surface area (Å²) in [6.07, 6.45) is 5.99. The first-order chi connectivity index (χ1) is 5.31. The van der Waals surface area contributed by atoms with Gasteiger partial charge in [0.2, 0.25) is 0 Å². The van der Waals surface area contributed by atoms with E-state index in [-0.39, 0.29) is 5.60 Å². The molecule has 2 unspecified atom stereocenters. The Hall–Kier alpha value is -0.0800. The number of nitrogens with one attached hydrogen (secondary N) is 1. The molecule has 1 aliphatic carbocycles. The first-order valence-electron chi connectivity index (χ1n) is 4.74. The second kappa shape index (κ2) is 2.76. The van der Waals surface area contributed by atoms with Gasteiger partial charge in [-0.2, -0.15) is 0 Å². The highest BCUT2D eigenvalue weighted by atomic mass is 16.3. The summed E-state index contributed by atoms with van der Waals surface area (Å²) in [4.78, 5) is 0. The number of aliphatic hydroxyl groups is 1. The first-order valence-corrected chi connectivity index (χ1v) is 4.74. The lowest BCUT2D eigenvalue weighted by atomic mass is 9.72. The second-order valence-corrected chi connectivity index (χ2v) is 4.01. The van der Waals surface area contributed by atoms with E-state index in [4.69, 9.17) is 0 Å². The van der Waals surface area contributed by atoms with Crippen molar-refractivity contribution in [3.05, 3.63) is 0 Å². The van der Waals surface area contributed by atoms with Gasteiger partial charge in [-0.25, -0.2) is 0 Å². The van der Waals surface area contributed by atoms with Crippen LogP contribution in [0.3, 0.4) is 0 Å². The minimum Gasteiger partial charge on any atom is -0.388 e. The topological polar surface area (TPSA) is 32.3 Å². The monoisotopic (exact) mass is 155 g/mol. The highest BCUT2D eigenvalue weighted by Crippen LogP contribution is 2.36. The third-order valence-electron chi connectivity index (χ3n) is 3.27. The third-order valence-corrected chi connectivity index (χ3v) is 3.27. The van der Waals surface area contributed by atoms with Gasteiger partial charge in [0.1, 0.15) is 0 Å². The van der Waals surface area contributed by atoms with E-state index in [1.807, 2.05) is 0 Å². The van der Waals surface area contributed by atoms with Gasteiger partial charge in [-0.1, -0.05) is 12.8 Å². The van der Waals surface area contributed by atoms with Crippen LogP contribution in [0.15, 0.2) is 0 Å². The molecule has 2 rings (SSSR count). The number of piperidine rings is 1. The molecule has 2 nitrogen and oxygen atoms in total. The molecule has 1 saturated carbocycles. The average Bonchev–Trinajstić information content (AvgIpc) is 2.03. The Kier molecular flexibility index (Phi) is 1.90. The molecule has 1 saturated heterocycles. The van der Waals surface area contributed by atoms with Crippen LogP contribution >= 0.6 is 0 Å². The molecule has 64 valence electrons. The molecular weight excluding hydrogens is 138 g/mol. The van der Waals surface area contributed by atoms with Crippen LogP contribution in [0.1, 0.15) is 32.1 Å². The van der Waals surface area contributed by atoms with Gasteiger partial charge in [0.25, 0.3) is 0 Å². The summed E-state index contributed by atoms with van der Waals surface area (Å²) in [6.45, 7) is 1.94. The SMILES string of the molecule is OC12CCCCC1CCNC2. The highest BCUT2D eigenvalue weighted by Gasteiger charge is 2.40. The van der Waals surface area contributed by atoms with E-state index < -0.39 is 0 Å². The Morgan fingerprint density at radius 1 is 1.27 bits per heavy atom. The van der Waals surface area contributed by atoms with Gasteiger partial charge in [0.05, 0.1) is 5.60 Å². The Balaban J connectivity index is 2.06. The van der Waals surface area contributed by atoms with Gasteiger partial charge in [-0.05, 0) is 31.7 Å². The fourth-order valence-electron chi connectivity index (χ4n) is 2.52. The van der Waals surface area contributed by atoms with E-state index in [0.29, 0.717) is 5.92 Å². The largest absolute Gasteiger partial charge is 0.388 e. The highest BCUT2D eigenvalue weighted by molar-refractivity contribution is 4.94. The lowest BCUT2D eigenvalue weighted by Gasteiger charge is -2.43. The standard InChI is InChI=1S/C9H17NO/c11-9-5-2-1-3-8(9)4-6-10-7-9/h8,10-11H,1-7H2. The van der Waals surface area contributed by atoms with Gasteiger partial charge >= 0.3 is 0 Å². The number of rotatable bonds is 0. The van der Waals surface area contributed by atoms with E-state index in [9.17, 15) is 5.11 Å². The summed E-state index contributed by atoms with van der Waals surface area (Å²) >= 11 is 0. The zero-order valence-electron chi connectivity index (χ0n) is 6.97. The molecular formula is C9H17NO. The fourth-order valence-corrected chi connectivity index (χ4v) is 2.52. The maximum atomic E-state index is 10.1. The van der Waals surface area contributed by atoms with Crippen LogP contribution in [-0.2, 0) is 0 Å². The maximum absolute atomic E-state index is 10.1. The average molecular weight is 155 g/mol. The molecule has 2 N–H and O–H groups in total. The van der Waals surface area contributed by atoms with Crippen LogP contribution in [0.5, 0.6) is 0 Å². The van der Waals surface area contributed by atoms with E-state index in [0.717, 1.165) is 19.5 Å². The predicted octanol–water partition coefficient (Wildman–Crippen LogP) is 0.901. The number of β-amino-alcohol motifs (C(OH)–C–C–N with tert-alkyl or cyclic N) is 1. The Labute approximate surface area is 68.0 Å². The molecule has 2 heteroatoms. The van der Waals surface area contributed by atoms with Crippen molar-refractivity contribution in [2.45, 2.75) is 37.7 Å². The van der Waals surface area contributed by atoms with Crippen LogP contribution in [0.4, 0.5) is 0 Å². The summed E-state index contributed by atoms with van der Waals surface area (Å²) in [5, 5.41) is 13.4. The van der Waals surface area contributed by atoms with Crippen molar-refractivity contribution in [2.24, 2.45) is 5.92 Å². The Morgan fingerprint density at radius 3 is 3.00 bits per heavy atom. The number of hydrogen-bond donors (Lipinski definition) is 2. The smallest absolute Gasteiger partial charge is 0.0800 e. The normalized spacial score (nSPS) is 45.0. The molecule has 1 heterocycles. The van der Waals surface area contributed by atoms with Crippen molar-refractivity contribution < 1.29 is 5.11 Å². The summed E-state index contributed by atoms with van der Waals surface area (Å²) in [5.74, 6) is 0.595. The Bertz CT molecular complexity index is 134. The predicted molar refractivity (Wildman–Crippen MR) is 44.4 cm³/mol. The van der Waals surface area contributed by atoms with Crippen LogP contribution in [0.25, 0.3) is 0 Å². The van der Waals surface area contributed by atoms with Crippen LogP contribution < -0.4 is 5.32 Å². The van der Waals surface area contributed by atoms with E-state index in [1.165, 1.54) is 25.7 Å². The summed E-state index contributed by atoms with van der Waals surface area (Å²) in [7, 11) is 0. The molecule has 0 spiro atoms. The summed E-state index contributed by atoms with van der Waals surface area (Å²) in [5.41, 5.74) is -0.337. The van der Waals surface area contributed by atoms with Crippen molar-refractivity contribution in [3.8, 4) is 0 Å². The van der Waals surface area contributed by atoms with Crippen LogP contribution in [0.2, 0.25) is 0 Å². The molecule has 2 atom stereocenters. The van der Waals surface area contributed by atoms with Crippen molar-refractivity contribution in [1.29, 1.82) is 0 Å². The van der Waals surface area contributed by atoms with Gasteiger partial charge in [0.15, 0.2) is 0 Å². The van der Waals surface area contributed by atoms with Gasteiger partial charge in [-0.3, -0.25) is 0 Å². The second-order valence-electron chi connectivity index (χ2n) is 4.01. The molecule has 0 bridgehead atoms. The zero-order chi connectivity index (χ0) is 7.73. The van der Waals surface area contributed by atoms with Gasteiger partial charge in [-0.15, -0.1) is 0 Å². The quantitative estimate of drug-likeness (QED) is 0.545. The lowest BCUT2D eigenvalue weighted by molar-refractivity contribution is -0.0632. The van der Waals surface area contributed by atoms with E-state index >= 15 is 0 Å². The maximum Gasteiger partial charge on any atom is 0.0800 e.